The molecule has 26 heavy (non-hydrogen) atoms. The number of rotatable bonds is 4. The van der Waals surface area contributed by atoms with Crippen LogP contribution in [0.15, 0.2) is 84.9 Å². The van der Waals surface area contributed by atoms with Crippen LogP contribution in [0.2, 0.25) is 0 Å². The van der Waals surface area contributed by atoms with E-state index in [1.165, 1.54) is 12.1 Å². The van der Waals surface area contributed by atoms with Crippen molar-refractivity contribution >= 4 is 11.6 Å². The number of alkyl halides is 3. The van der Waals surface area contributed by atoms with Gasteiger partial charge in [-0.2, -0.15) is 13.2 Å². The van der Waals surface area contributed by atoms with Crippen LogP contribution in [0.5, 0.6) is 0 Å². The Bertz CT molecular complexity index is 859. The van der Waals surface area contributed by atoms with Gasteiger partial charge in [0.05, 0.1) is 12.1 Å². The quantitative estimate of drug-likeness (QED) is 0.601. The van der Waals surface area contributed by atoms with Crippen molar-refractivity contribution in [1.82, 2.24) is 0 Å². The molecule has 0 saturated heterocycles. The molecule has 0 aliphatic carbocycles. The van der Waals surface area contributed by atoms with Gasteiger partial charge in [0.2, 0.25) is 0 Å². The number of carbonyl (C=O) groups excluding carboxylic acids is 1. The van der Waals surface area contributed by atoms with E-state index in [9.17, 15) is 18.0 Å². The molecule has 0 aliphatic heterocycles. The molecule has 0 heterocycles. The van der Waals surface area contributed by atoms with Crippen molar-refractivity contribution in [1.29, 1.82) is 0 Å². The van der Waals surface area contributed by atoms with Crippen molar-refractivity contribution in [3.05, 3.63) is 102 Å². The third-order valence-corrected chi connectivity index (χ3v) is 3.96. The molecule has 0 radical (unpaired) electrons. The van der Waals surface area contributed by atoms with Crippen LogP contribution in [0, 0.1) is 0 Å². The Morgan fingerprint density at radius 1 is 0.769 bits per heavy atom. The fourth-order valence-electron chi connectivity index (χ4n) is 2.61. The maximum Gasteiger partial charge on any atom is 0.416 e. The zero-order valence-electron chi connectivity index (χ0n) is 13.8. The molecule has 3 rings (SSSR count). The number of nitrogens with zero attached hydrogens (tertiary/aromatic N) is 1. The molecule has 1 amide bonds. The highest BCUT2D eigenvalue weighted by atomic mass is 19.4. The van der Waals surface area contributed by atoms with Crippen molar-refractivity contribution in [2.75, 3.05) is 4.90 Å². The molecule has 0 bridgehead atoms. The Kier molecular flexibility index (Phi) is 5.07. The first-order chi connectivity index (χ1) is 12.4. The van der Waals surface area contributed by atoms with E-state index in [0.29, 0.717) is 12.2 Å². The molecule has 5 heteroatoms. The first-order valence-corrected chi connectivity index (χ1v) is 8.03. The molecule has 0 saturated carbocycles. The van der Waals surface area contributed by atoms with Crippen molar-refractivity contribution < 1.29 is 18.0 Å². The van der Waals surface area contributed by atoms with Crippen LogP contribution < -0.4 is 4.90 Å². The van der Waals surface area contributed by atoms with Crippen molar-refractivity contribution in [2.24, 2.45) is 0 Å². The molecule has 2 nitrogen and oxygen atoms in total. The SMILES string of the molecule is O=C(c1ccc(C(F)(F)F)cc1)N(Cc1ccccc1)c1ccccc1. The van der Waals surface area contributed by atoms with E-state index in [2.05, 4.69) is 0 Å². The minimum atomic E-state index is -4.43. The average Bonchev–Trinajstić information content (AvgIpc) is 2.66. The third-order valence-electron chi connectivity index (χ3n) is 3.96. The summed E-state index contributed by atoms with van der Waals surface area (Å²) in [6.07, 6.45) is -4.43. The minimum absolute atomic E-state index is 0.206. The van der Waals surface area contributed by atoms with Crippen LogP contribution in [0.25, 0.3) is 0 Å². The largest absolute Gasteiger partial charge is 0.416 e. The Morgan fingerprint density at radius 2 is 1.31 bits per heavy atom. The zero-order valence-corrected chi connectivity index (χ0v) is 13.8. The number of benzene rings is 3. The molecule has 3 aromatic rings. The van der Waals surface area contributed by atoms with Crippen LogP contribution >= 0.6 is 0 Å². The van der Waals surface area contributed by atoms with E-state index in [-0.39, 0.29) is 11.5 Å². The van der Waals surface area contributed by atoms with E-state index in [4.69, 9.17) is 0 Å². The third kappa shape index (κ3) is 4.11. The second-order valence-corrected chi connectivity index (χ2v) is 5.79. The summed E-state index contributed by atoms with van der Waals surface area (Å²) in [4.78, 5) is 14.5. The second kappa shape index (κ2) is 7.44. The summed E-state index contributed by atoms with van der Waals surface area (Å²) in [5.41, 5.74) is 1.04. The van der Waals surface area contributed by atoms with Crippen molar-refractivity contribution in [3.63, 3.8) is 0 Å². The molecule has 0 unspecified atom stereocenters. The molecular weight excluding hydrogens is 339 g/mol. The van der Waals surface area contributed by atoms with Crippen molar-refractivity contribution in [3.8, 4) is 0 Å². The van der Waals surface area contributed by atoms with Crippen LogP contribution in [0.3, 0.4) is 0 Å². The number of anilines is 1. The van der Waals surface area contributed by atoms with Gasteiger partial charge in [0.25, 0.3) is 5.91 Å². The molecule has 0 N–H and O–H groups in total. The lowest BCUT2D eigenvalue weighted by Gasteiger charge is -2.23. The first-order valence-electron chi connectivity index (χ1n) is 8.03. The maximum atomic E-state index is 13.0. The predicted molar refractivity (Wildman–Crippen MR) is 94.8 cm³/mol. The Balaban J connectivity index is 1.92. The number of para-hydroxylation sites is 1. The van der Waals surface area contributed by atoms with Gasteiger partial charge in [0.15, 0.2) is 0 Å². The summed E-state index contributed by atoms with van der Waals surface area (Å²) in [6.45, 7) is 0.324. The summed E-state index contributed by atoms with van der Waals surface area (Å²) in [6, 6.07) is 22.8. The Hall–Kier alpha value is -3.08. The van der Waals surface area contributed by atoms with Gasteiger partial charge in [-0.25, -0.2) is 0 Å². The second-order valence-electron chi connectivity index (χ2n) is 5.79. The van der Waals surface area contributed by atoms with Gasteiger partial charge in [-0.3, -0.25) is 4.79 Å². The van der Waals surface area contributed by atoms with Crippen LogP contribution in [-0.2, 0) is 12.7 Å². The summed E-state index contributed by atoms with van der Waals surface area (Å²) in [5, 5.41) is 0. The number of hydrogen-bond acceptors (Lipinski definition) is 1. The highest BCUT2D eigenvalue weighted by Gasteiger charge is 2.30. The minimum Gasteiger partial charge on any atom is -0.304 e. The molecule has 0 spiro atoms. The van der Waals surface area contributed by atoms with Gasteiger partial charge < -0.3 is 4.90 Å². The lowest BCUT2D eigenvalue weighted by Crippen LogP contribution is -2.30. The number of hydrogen-bond donors (Lipinski definition) is 0. The van der Waals surface area contributed by atoms with Gasteiger partial charge in [-0.15, -0.1) is 0 Å². The van der Waals surface area contributed by atoms with Crippen LogP contribution in [-0.4, -0.2) is 5.91 Å². The lowest BCUT2D eigenvalue weighted by molar-refractivity contribution is -0.137. The number of carbonyl (C=O) groups is 1. The molecule has 0 fully saturated rings. The highest BCUT2D eigenvalue weighted by molar-refractivity contribution is 6.06. The van der Waals surface area contributed by atoms with Gasteiger partial charge in [-0.1, -0.05) is 48.5 Å². The summed E-state index contributed by atoms with van der Waals surface area (Å²) in [5.74, 6) is -0.353. The smallest absolute Gasteiger partial charge is 0.304 e. The maximum absolute atomic E-state index is 13.0. The molecular formula is C21H16F3NO. The summed E-state index contributed by atoms with van der Waals surface area (Å²) >= 11 is 0. The topological polar surface area (TPSA) is 20.3 Å². The zero-order chi connectivity index (χ0) is 18.6. The van der Waals surface area contributed by atoms with E-state index < -0.39 is 11.7 Å². The molecule has 0 aromatic heterocycles. The predicted octanol–water partition coefficient (Wildman–Crippen LogP) is 5.55. The fourth-order valence-corrected chi connectivity index (χ4v) is 2.61. The summed E-state index contributed by atoms with van der Waals surface area (Å²) in [7, 11) is 0. The fraction of sp³-hybridized carbons (Fsp3) is 0.0952. The van der Waals surface area contributed by atoms with E-state index >= 15 is 0 Å². The van der Waals surface area contributed by atoms with Crippen LogP contribution in [0.1, 0.15) is 21.5 Å². The molecule has 0 aliphatic rings. The normalized spacial score (nSPS) is 11.2. The van der Waals surface area contributed by atoms with E-state index in [1.807, 2.05) is 48.5 Å². The van der Waals surface area contributed by atoms with E-state index in [0.717, 1.165) is 17.7 Å². The van der Waals surface area contributed by atoms with E-state index in [1.54, 1.807) is 17.0 Å². The van der Waals surface area contributed by atoms with Gasteiger partial charge in [0.1, 0.15) is 0 Å². The molecule has 3 aromatic carbocycles. The van der Waals surface area contributed by atoms with Gasteiger partial charge in [0, 0.05) is 11.3 Å². The van der Waals surface area contributed by atoms with Crippen molar-refractivity contribution in [2.45, 2.75) is 12.7 Å². The van der Waals surface area contributed by atoms with Gasteiger partial charge in [-0.05, 0) is 42.0 Å². The Morgan fingerprint density at radius 3 is 1.85 bits per heavy atom. The Labute approximate surface area is 149 Å². The number of halogens is 3. The molecule has 0 atom stereocenters. The molecule has 132 valence electrons. The monoisotopic (exact) mass is 355 g/mol. The average molecular weight is 355 g/mol. The standard InChI is InChI=1S/C21H16F3NO/c22-21(23,24)18-13-11-17(12-14-18)20(26)25(19-9-5-2-6-10-19)15-16-7-3-1-4-8-16/h1-14H,15H2. The highest BCUT2D eigenvalue weighted by Crippen LogP contribution is 2.29. The first kappa shape index (κ1) is 17.7. The van der Waals surface area contributed by atoms with Crippen LogP contribution in [0.4, 0.5) is 18.9 Å². The lowest BCUT2D eigenvalue weighted by atomic mass is 10.1. The van der Waals surface area contributed by atoms with Gasteiger partial charge >= 0.3 is 6.18 Å². The number of amides is 1. The summed E-state index contributed by atoms with van der Waals surface area (Å²) < 4.78 is 38.2.